The lowest BCUT2D eigenvalue weighted by atomic mass is 10.1. The number of aromatic nitrogens is 4. The van der Waals surface area contributed by atoms with Crippen LogP contribution in [-0.4, -0.2) is 75.7 Å². The number of ether oxygens (including phenoxy) is 1. The summed E-state index contributed by atoms with van der Waals surface area (Å²) in [5.74, 6) is 0.720. The number of benzene rings is 1. The largest absolute Gasteiger partial charge is 0.392 e. The molecule has 30 heavy (non-hydrogen) atoms. The fraction of sp³-hybridized carbons (Fsp3) is 0.500. The van der Waals surface area contributed by atoms with E-state index in [4.69, 9.17) is 14.7 Å². The molecule has 1 aromatic carbocycles. The molecule has 5 rings (SSSR count). The number of aliphatic hydroxyl groups is 1. The Bertz CT molecular complexity index is 1010. The summed E-state index contributed by atoms with van der Waals surface area (Å²) in [4.78, 5) is 14.5. The highest BCUT2D eigenvalue weighted by Crippen LogP contribution is 2.29. The van der Waals surface area contributed by atoms with Crippen LogP contribution in [0, 0.1) is 0 Å². The van der Waals surface area contributed by atoms with Crippen molar-refractivity contribution < 1.29 is 9.84 Å². The Balaban J connectivity index is 1.56. The van der Waals surface area contributed by atoms with Crippen LogP contribution in [0.1, 0.15) is 18.4 Å². The molecule has 0 saturated carbocycles. The van der Waals surface area contributed by atoms with E-state index in [1.165, 1.54) is 25.9 Å². The van der Waals surface area contributed by atoms with Gasteiger partial charge >= 0.3 is 0 Å². The molecule has 8 nitrogen and oxygen atoms in total. The first-order valence-electron chi connectivity index (χ1n) is 10.8. The van der Waals surface area contributed by atoms with Gasteiger partial charge in [-0.15, -0.1) is 0 Å². The van der Waals surface area contributed by atoms with Gasteiger partial charge in [0.1, 0.15) is 0 Å². The van der Waals surface area contributed by atoms with Crippen molar-refractivity contribution >= 4 is 17.0 Å². The average molecular weight is 409 g/mol. The predicted molar refractivity (Wildman–Crippen MR) is 115 cm³/mol. The molecule has 2 aromatic heterocycles. The maximum atomic E-state index is 9.58. The number of hydrogen-bond acceptors (Lipinski definition) is 7. The number of likely N-dealkylation sites (tertiary alicyclic amines) is 1. The van der Waals surface area contributed by atoms with Crippen LogP contribution < -0.4 is 4.90 Å². The molecule has 8 heteroatoms. The molecule has 0 aliphatic carbocycles. The molecule has 0 radical (unpaired) electrons. The second-order valence-electron chi connectivity index (χ2n) is 7.98. The Morgan fingerprint density at radius 1 is 1.00 bits per heavy atom. The summed E-state index contributed by atoms with van der Waals surface area (Å²) >= 11 is 0. The molecule has 2 aliphatic heterocycles. The van der Waals surface area contributed by atoms with Crippen LogP contribution in [0.2, 0.25) is 0 Å². The maximum absolute atomic E-state index is 9.58. The fourth-order valence-electron chi connectivity index (χ4n) is 4.29. The minimum absolute atomic E-state index is 0.00742. The Labute approximate surface area is 176 Å². The predicted octanol–water partition coefficient (Wildman–Crippen LogP) is 1.92. The Hall–Kier alpha value is -2.55. The lowest BCUT2D eigenvalue weighted by Crippen LogP contribution is -2.37. The van der Waals surface area contributed by atoms with Gasteiger partial charge in [-0.2, -0.15) is 10.1 Å². The number of aliphatic hydroxyl groups excluding tert-OH is 1. The zero-order valence-electron chi connectivity index (χ0n) is 17.2. The van der Waals surface area contributed by atoms with E-state index in [1.807, 2.05) is 35.1 Å². The lowest BCUT2D eigenvalue weighted by molar-refractivity contribution is 0.122. The van der Waals surface area contributed by atoms with Crippen molar-refractivity contribution in [2.24, 2.45) is 0 Å². The molecule has 0 unspecified atom stereocenters. The first kappa shape index (κ1) is 19.4. The third-order valence-corrected chi connectivity index (χ3v) is 5.99. The Morgan fingerprint density at radius 2 is 1.83 bits per heavy atom. The SMILES string of the molecule is OCc1cccc(-c2nc(N3CCOCC3)nc3c2cnn3CCN2CCCC2)c1. The second-order valence-corrected chi connectivity index (χ2v) is 7.98. The van der Waals surface area contributed by atoms with Crippen molar-refractivity contribution in [1.82, 2.24) is 24.6 Å². The normalized spacial score (nSPS) is 17.8. The van der Waals surface area contributed by atoms with Gasteiger partial charge in [0.15, 0.2) is 5.65 Å². The van der Waals surface area contributed by atoms with Crippen LogP contribution >= 0.6 is 0 Å². The highest BCUT2D eigenvalue weighted by atomic mass is 16.5. The zero-order valence-corrected chi connectivity index (χ0v) is 17.2. The fourth-order valence-corrected chi connectivity index (χ4v) is 4.29. The van der Waals surface area contributed by atoms with Crippen molar-refractivity contribution in [2.45, 2.75) is 26.0 Å². The first-order chi connectivity index (χ1) is 14.8. The molecule has 2 fully saturated rings. The van der Waals surface area contributed by atoms with E-state index in [0.717, 1.165) is 60.0 Å². The van der Waals surface area contributed by atoms with Gasteiger partial charge in [0.25, 0.3) is 0 Å². The summed E-state index contributed by atoms with van der Waals surface area (Å²) in [5, 5.41) is 15.2. The minimum Gasteiger partial charge on any atom is -0.392 e. The number of nitrogens with zero attached hydrogens (tertiary/aromatic N) is 6. The zero-order chi connectivity index (χ0) is 20.3. The van der Waals surface area contributed by atoms with E-state index < -0.39 is 0 Å². The van der Waals surface area contributed by atoms with Crippen molar-refractivity contribution in [3.05, 3.63) is 36.0 Å². The van der Waals surface area contributed by atoms with Gasteiger partial charge in [0, 0.05) is 25.2 Å². The minimum atomic E-state index is 0.00742. The summed E-state index contributed by atoms with van der Waals surface area (Å²) in [6, 6.07) is 7.91. The standard InChI is InChI=1S/C22H28N6O2/c29-16-17-4-3-5-18(14-17)20-19-15-23-28(9-8-26-6-1-2-7-26)21(19)25-22(24-20)27-10-12-30-13-11-27/h3-5,14-15,29H,1-2,6-13,16H2. The van der Waals surface area contributed by atoms with Crippen LogP contribution in [0.15, 0.2) is 30.5 Å². The molecule has 0 atom stereocenters. The summed E-state index contributed by atoms with van der Waals surface area (Å²) in [5.41, 5.74) is 3.58. The van der Waals surface area contributed by atoms with Gasteiger partial charge in [-0.1, -0.05) is 18.2 Å². The quantitative estimate of drug-likeness (QED) is 0.667. The van der Waals surface area contributed by atoms with Gasteiger partial charge in [-0.3, -0.25) is 0 Å². The van der Waals surface area contributed by atoms with Gasteiger partial charge in [0.2, 0.25) is 5.95 Å². The van der Waals surface area contributed by atoms with Gasteiger partial charge in [-0.05, 0) is 37.6 Å². The molecule has 158 valence electrons. The maximum Gasteiger partial charge on any atom is 0.228 e. The average Bonchev–Trinajstić information content (AvgIpc) is 3.47. The highest BCUT2D eigenvalue weighted by Gasteiger charge is 2.20. The van der Waals surface area contributed by atoms with Crippen molar-refractivity contribution in [2.75, 3.05) is 50.8 Å². The van der Waals surface area contributed by atoms with E-state index in [1.54, 1.807) is 0 Å². The summed E-state index contributed by atoms with van der Waals surface area (Å²) in [6.07, 6.45) is 4.45. The lowest BCUT2D eigenvalue weighted by Gasteiger charge is -2.27. The van der Waals surface area contributed by atoms with Crippen molar-refractivity contribution in [1.29, 1.82) is 0 Å². The first-order valence-corrected chi connectivity index (χ1v) is 10.8. The van der Waals surface area contributed by atoms with Gasteiger partial charge in [0.05, 0.1) is 43.6 Å². The van der Waals surface area contributed by atoms with Crippen LogP contribution in [0.4, 0.5) is 5.95 Å². The molecule has 0 amide bonds. The molecule has 2 aliphatic rings. The summed E-state index contributed by atoms with van der Waals surface area (Å²) in [7, 11) is 0. The number of rotatable bonds is 6. The van der Waals surface area contributed by atoms with E-state index in [9.17, 15) is 5.11 Å². The molecule has 1 N–H and O–H groups in total. The number of fused-ring (bicyclic) bond motifs is 1. The van der Waals surface area contributed by atoms with Crippen LogP contribution in [-0.2, 0) is 17.9 Å². The van der Waals surface area contributed by atoms with E-state index in [2.05, 4.69) is 14.9 Å². The van der Waals surface area contributed by atoms with Gasteiger partial charge < -0.3 is 19.6 Å². The van der Waals surface area contributed by atoms with Crippen LogP contribution in [0.3, 0.4) is 0 Å². The molecular formula is C22H28N6O2. The smallest absolute Gasteiger partial charge is 0.228 e. The molecular weight excluding hydrogens is 380 g/mol. The molecule has 2 saturated heterocycles. The molecule has 4 heterocycles. The molecule has 0 bridgehead atoms. The van der Waals surface area contributed by atoms with E-state index in [-0.39, 0.29) is 6.61 Å². The van der Waals surface area contributed by atoms with E-state index >= 15 is 0 Å². The second kappa shape index (κ2) is 8.67. The topological polar surface area (TPSA) is 79.5 Å². The molecule has 3 aromatic rings. The van der Waals surface area contributed by atoms with Crippen LogP contribution in [0.25, 0.3) is 22.3 Å². The Kier molecular flexibility index (Phi) is 5.61. The van der Waals surface area contributed by atoms with Crippen molar-refractivity contribution in [3.8, 4) is 11.3 Å². The Morgan fingerprint density at radius 3 is 2.63 bits per heavy atom. The van der Waals surface area contributed by atoms with Crippen LogP contribution in [0.5, 0.6) is 0 Å². The third kappa shape index (κ3) is 3.90. The van der Waals surface area contributed by atoms with Crippen molar-refractivity contribution in [3.63, 3.8) is 0 Å². The number of anilines is 1. The summed E-state index contributed by atoms with van der Waals surface area (Å²) in [6.45, 7) is 7.09. The third-order valence-electron chi connectivity index (χ3n) is 5.99. The highest BCUT2D eigenvalue weighted by molar-refractivity contribution is 5.91. The number of hydrogen-bond donors (Lipinski definition) is 1. The molecule has 0 spiro atoms. The monoisotopic (exact) mass is 408 g/mol. The van der Waals surface area contributed by atoms with E-state index in [0.29, 0.717) is 13.2 Å². The summed E-state index contributed by atoms with van der Waals surface area (Å²) < 4.78 is 7.52. The number of morpholine rings is 1. The van der Waals surface area contributed by atoms with Gasteiger partial charge in [-0.25, -0.2) is 9.67 Å².